The van der Waals surface area contributed by atoms with Crippen LogP contribution in [-0.2, 0) is 19.4 Å². The molecule has 132 valence electrons. The lowest BCUT2D eigenvalue weighted by atomic mass is 10.0. The molecule has 0 amide bonds. The number of nitrogens with zero attached hydrogens (tertiary/aromatic N) is 1. The van der Waals surface area contributed by atoms with Crippen LogP contribution in [0.3, 0.4) is 0 Å². The van der Waals surface area contributed by atoms with Crippen molar-refractivity contribution in [2.45, 2.75) is 26.3 Å². The number of hydrogen-bond donors (Lipinski definition) is 1. The van der Waals surface area contributed by atoms with Crippen LogP contribution in [-0.4, -0.2) is 9.55 Å². The molecule has 0 aliphatic rings. The Hall–Kier alpha value is -3.14. The molecule has 1 N–H and O–H groups in total. The lowest BCUT2D eigenvalue weighted by molar-refractivity contribution is 0.677. The predicted molar refractivity (Wildman–Crippen MR) is 105 cm³/mol. The Balaban J connectivity index is 1.99. The molecule has 0 saturated carbocycles. The van der Waals surface area contributed by atoms with E-state index >= 15 is 0 Å². The summed E-state index contributed by atoms with van der Waals surface area (Å²) in [6.07, 6.45) is 5.07. The first-order valence-corrected chi connectivity index (χ1v) is 8.79. The maximum absolute atomic E-state index is 12.4. The number of rotatable bonds is 6. The zero-order valence-corrected chi connectivity index (χ0v) is 14.8. The normalized spacial score (nSPS) is 11.1. The van der Waals surface area contributed by atoms with E-state index in [-0.39, 0.29) is 11.2 Å². The highest BCUT2D eigenvalue weighted by atomic mass is 16.2. The van der Waals surface area contributed by atoms with Crippen molar-refractivity contribution in [1.82, 2.24) is 9.55 Å². The van der Waals surface area contributed by atoms with Crippen LogP contribution in [0, 0.1) is 0 Å². The van der Waals surface area contributed by atoms with Crippen molar-refractivity contribution in [3.63, 3.8) is 0 Å². The Kier molecular flexibility index (Phi) is 5.64. The molecule has 0 atom stereocenters. The summed E-state index contributed by atoms with van der Waals surface area (Å²) in [6.45, 7) is 2.35. The lowest BCUT2D eigenvalue weighted by Crippen LogP contribution is -2.35. The summed E-state index contributed by atoms with van der Waals surface area (Å²) in [7, 11) is 0. The quantitative estimate of drug-likeness (QED) is 0.744. The Morgan fingerprint density at radius 3 is 2.27 bits per heavy atom. The van der Waals surface area contributed by atoms with E-state index in [0.717, 1.165) is 16.8 Å². The van der Waals surface area contributed by atoms with Gasteiger partial charge in [0.05, 0.1) is 0 Å². The first-order valence-electron chi connectivity index (χ1n) is 8.79. The summed E-state index contributed by atoms with van der Waals surface area (Å²) in [5.74, 6) is 0. The fraction of sp³-hybridized carbons (Fsp3) is 0.182. The molecule has 3 aromatic rings. The minimum absolute atomic E-state index is 0.285. The number of benzene rings is 2. The van der Waals surface area contributed by atoms with Gasteiger partial charge in [-0.2, -0.15) is 0 Å². The summed E-state index contributed by atoms with van der Waals surface area (Å²) in [5, 5.41) is 0. The summed E-state index contributed by atoms with van der Waals surface area (Å²) in [4.78, 5) is 27.1. The highest BCUT2D eigenvalue weighted by Gasteiger charge is 2.13. The van der Waals surface area contributed by atoms with Gasteiger partial charge in [-0.25, -0.2) is 4.79 Å². The second-order valence-electron chi connectivity index (χ2n) is 6.12. The van der Waals surface area contributed by atoms with Crippen LogP contribution in [0.15, 0.2) is 76.3 Å². The van der Waals surface area contributed by atoms with Crippen LogP contribution in [0.1, 0.15) is 29.3 Å². The third kappa shape index (κ3) is 4.09. The minimum atomic E-state index is -0.365. The molecule has 0 spiro atoms. The molecule has 4 nitrogen and oxygen atoms in total. The van der Waals surface area contributed by atoms with Crippen molar-refractivity contribution in [1.29, 1.82) is 0 Å². The van der Waals surface area contributed by atoms with Gasteiger partial charge in [0.15, 0.2) is 0 Å². The molecule has 0 saturated heterocycles. The van der Waals surface area contributed by atoms with E-state index in [1.807, 2.05) is 79.7 Å². The van der Waals surface area contributed by atoms with Gasteiger partial charge in [-0.15, -0.1) is 0 Å². The molecule has 0 radical (unpaired) electrons. The van der Waals surface area contributed by atoms with Gasteiger partial charge in [0.1, 0.15) is 0 Å². The summed E-state index contributed by atoms with van der Waals surface area (Å²) in [5.41, 5.74) is 2.95. The van der Waals surface area contributed by atoms with E-state index in [2.05, 4.69) is 4.98 Å². The monoisotopic (exact) mass is 346 g/mol. The van der Waals surface area contributed by atoms with E-state index < -0.39 is 0 Å². The summed E-state index contributed by atoms with van der Waals surface area (Å²) in [6, 6.07) is 19.8. The van der Waals surface area contributed by atoms with E-state index in [4.69, 9.17) is 0 Å². The van der Waals surface area contributed by atoms with Gasteiger partial charge >= 0.3 is 5.69 Å². The fourth-order valence-electron chi connectivity index (χ4n) is 3.06. The fourth-order valence-corrected chi connectivity index (χ4v) is 3.06. The van der Waals surface area contributed by atoms with Gasteiger partial charge in [0, 0.05) is 24.2 Å². The molecule has 3 rings (SSSR count). The Morgan fingerprint density at radius 2 is 1.62 bits per heavy atom. The second-order valence-corrected chi connectivity index (χ2v) is 6.12. The maximum Gasteiger partial charge on any atom is 0.328 e. The molecule has 0 unspecified atom stereocenters. The topological polar surface area (TPSA) is 54.9 Å². The Bertz CT molecular complexity index is 1000. The van der Waals surface area contributed by atoms with Gasteiger partial charge in [0.2, 0.25) is 0 Å². The van der Waals surface area contributed by atoms with Crippen molar-refractivity contribution >= 4 is 6.08 Å². The van der Waals surface area contributed by atoms with Crippen molar-refractivity contribution in [2.24, 2.45) is 0 Å². The summed E-state index contributed by atoms with van der Waals surface area (Å²) >= 11 is 0. The van der Waals surface area contributed by atoms with E-state index in [1.54, 1.807) is 4.57 Å². The van der Waals surface area contributed by atoms with Crippen LogP contribution in [0.4, 0.5) is 0 Å². The average Bonchev–Trinajstić information content (AvgIpc) is 2.66. The third-order valence-electron chi connectivity index (χ3n) is 4.38. The van der Waals surface area contributed by atoms with Gasteiger partial charge in [-0.1, -0.05) is 79.7 Å². The predicted octanol–water partition coefficient (Wildman–Crippen LogP) is 3.40. The lowest BCUT2D eigenvalue weighted by Gasteiger charge is -2.14. The SMILES string of the molecule is CCc1c(Cc2ccccc2)n(CC=Cc2ccccc2)c(=O)[nH]c1=O. The molecule has 0 aliphatic heterocycles. The number of allylic oxidation sites excluding steroid dienone is 1. The van der Waals surface area contributed by atoms with Crippen molar-refractivity contribution in [3.8, 4) is 0 Å². The zero-order valence-electron chi connectivity index (χ0n) is 14.8. The van der Waals surface area contributed by atoms with Crippen LogP contribution in [0.25, 0.3) is 6.08 Å². The van der Waals surface area contributed by atoms with Crippen LogP contribution in [0.2, 0.25) is 0 Å². The van der Waals surface area contributed by atoms with E-state index in [1.165, 1.54) is 0 Å². The minimum Gasteiger partial charge on any atom is -0.293 e. The van der Waals surface area contributed by atoms with E-state index in [0.29, 0.717) is 24.9 Å². The molecule has 26 heavy (non-hydrogen) atoms. The molecule has 0 aliphatic carbocycles. The molecule has 0 fully saturated rings. The molecular formula is C22H22N2O2. The van der Waals surface area contributed by atoms with E-state index in [9.17, 15) is 9.59 Å². The Morgan fingerprint density at radius 1 is 0.962 bits per heavy atom. The summed E-state index contributed by atoms with van der Waals surface area (Å²) < 4.78 is 1.66. The van der Waals surface area contributed by atoms with Crippen molar-refractivity contribution in [3.05, 3.63) is 110 Å². The number of H-pyrrole nitrogens is 1. The first-order chi connectivity index (χ1) is 12.7. The molecule has 1 heterocycles. The number of hydrogen-bond acceptors (Lipinski definition) is 2. The molecular weight excluding hydrogens is 324 g/mol. The average molecular weight is 346 g/mol. The van der Waals surface area contributed by atoms with Gasteiger partial charge in [-0.05, 0) is 17.5 Å². The van der Waals surface area contributed by atoms with Gasteiger partial charge in [-0.3, -0.25) is 14.3 Å². The van der Waals surface area contributed by atoms with Crippen LogP contribution >= 0.6 is 0 Å². The van der Waals surface area contributed by atoms with Gasteiger partial charge in [0.25, 0.3) is 5.56 Å². The van der Waals surface area contributed by atoms with Gasteiger partial charge < -0.3 is 0 Å². The third-order valence-corrected chi connectivity index (χ3v) is 4.38. The maximum atomic E-state index is 12.4. The second kappa shape index (κ2) is 8.30. The van der Waals surface area contributed by atoms with Crippen LogP contribution < -0.4 is 11.2 Å². The highest BCUT2D eigenvalue weighted by molar-refractivity contribution is 5.48. The zero-order chi connectivity index (χ0) is 18.4. The van der Waals surface area contributed by atoms with Crippen molar-refractivity contribution < 1.29 is 0 Å². The molecule has 0 bridgehead atoms. The standard InChI is InChI=1S/C22H22N2O2/c1-2-19-20(16-18-12-7-4-8-13-18)24(22(26)23-21(19)25)15-9-14-17-10-5-3-6-11-17/h3-14H,2,15-16H2,1H3,(H,23,25,26). The number of aromatic nitrogens is 2. The van der Waals surface area contributed by atoms with Crippen LogP contribution in [0.5, 0.6) is 0 Å². The molecule has 4 heteroatoms. The Labute approximate surface area is 152 Å². The first kappa shape index (κ1) is 17.7. The molecule has 2 aromatic carbocycles. The highest BCUT2D eigenvalue weighted by Crippen LogP contribution is 2.12. The number of nitrogens with one attached hydrogen (secondary N) is 1. The van der Waals surface area contributed by atoms with Crippen molar-refractivity contribution in [2.75, 3.05) is 0 Å². The largest absolute Gasteiger partial charge is 0.328 e. The molecule has 1 aromatic heterocycles. The number of aromatic amines is 1. The smallest absolute Gasteiger partial charge is 0.293 e.